The van der Waals surface area contributed by atoms with Crippen LogP contribution in [0.4, 0.5) is 0 Å². The monoisotopic (exact) mass is 249 g/mol. The van der Waals surface area contributed by atoms with E-state index in [4.69, 9.17) is 5.73 Å². The Hall–Kier alpha value is -2.75. The van der Waals surface area contributed by atoms with Crippen LogP contribution in [0.3, 0.4) is 0 Å². The molecule has 0 fully saturated rings. The van der Waals surface area contributed by atoms with Crippen LogP contribution in [-0.2, 0) is 0 Å². The number of rotatable bonds is 2. The van der Waals surface area contributed by atoms with E-state index in [1.54, 1.807) is 18.5 Å². The number of amides is 1. The highest BCUT2D eigenvalue weighted by Crippen LogP contribution is 2.23. The zero-order valence-electron chi connectivity index (χ0n) is 10.1. The first-order valence-corrected chi connectivity index (χ1v) is 5.86. The standard InChI is InChI=1S/C15H11N3O/c16-15(19)12-8-14(10-4-3-7-17-9-10)18-13-6-2-1-5-11(12)13/h1-9H,(H2,16,19). The third-order valence-electron chi connectivity index (χ3n) is 2.94. The molecule has 0 aliphatic carbocycles. The molecule has 4 nitrogen and oxygen atoms in total. The summed E-state index contributed by atoms with van der Waals surface area (Å²) in [5, 5.41) is 0.766. The normalized spacial score (nSPS) is 10.5. The van der Waals surface area contributed by atoms with Crippen molar-refractivity contribution in [3.8, 4) is 11.3 Å². The van der Waals surface area contributed by atoms with Crippen molar-refractivity contribution in [1.82, 2.24) is 9.97 Å². The molecule has 3 rings (SSSR count). The van der Waals surface area contributed by atoms with Crippen molar-refractivity contribution in [2.45, 2.75) is 0 Å². The molecule has 0 atom stereocenters. The first-order valence-electron chi connectivity index (χ1n) is 5.86. The molecule has 92 valence electrons. The van der Waals surface area contributed by atoms with E-state index in [-0.39, 0.29) is 0 Å². The van der Waals surface area contributed by atoms with E-state index in [0.717, 1.165) is 16.5 Å². The average molecular weight is 249 g/mol. The molecule has 0 aliphatic heterocycles. The number of primary amides is 1. The van der Waals surface area contributed by atoms with Crippen LogP contribution in [0.2, 0.25) is 0 Å². The predicted octanol–water partition coefficient (Wildman–Crippen LogP) is 2.40. The summed E-state index contributed by atoms with van der Waals surface area (Å²) in [5.41, 5.74) is 8.22. The van der Waals surface area contributed by atoms with E-state index in [9.17, 15) is 4.79 Å². The molecule has 0 bridgehead atoms. The lowest BCUT2D eigenvalue weighted by atomic mass is 10.0. The van der Waals surface area contributed by atoms with E-state index >= 15 is 0 Å². The summed E-state index contributed by atoms with van der Waals surface area (Å²) in [6.07, 6.45) is 3.40. The highest BCUT2D eigenvalue weighted by Gasteiger charge is 2.10. The quantitative estimate of drug-likeness (QED) is 0.758. The molecule has 19 heavy (non-hydrogen) atoms. The Kier molecular flexibility index (Phi) is 2.68. The third-order valence-corrected chi connectivity index (χ3v) is 2.94. The number of para-hydroxylation sites is 1. The maximum absolute atomic E-state index is 11.6. The first kappa shape index (κ1) is 11.3. The summed E-state index contributed by atoms with van der Waals surface area (Å²) in [6.45, 7) is 0. The van der Waals surface area contributed by atoms with Gasteiger partial charge in [-0.1, -0.05) is 18.2 Å². The fourth-order valence-electron chi connectivity index (χ4n) is 2.04. The topological polar surface area (TPSA) is 68.9 Å². The largest absolute Gasteiger partial charge is 0.366 e. The number of pyridine rings is 2. The van der Waals surface area contributed by atoms with E-state index in [1.807, 2.05) is 36.4 Å². The lowest BCUT2D eigenvalue weighted by molar-refractivity contribution is 0.100. The van der Waals surface area contributed by atoms with Gasteiger partial charge in [0.25, 0.3) is 0 Å². The number of hydrogen-bond acceptors (Lipinski definition) is 3. The maximum atomic E-state index is 11.6. The second-order valence-corrected chi connectivity index (χ2v) is 4.18. The lowest BCUT2D eigenvalue weighted by Crippen LogP contribution is -2.12. The first-order chi connectivity index (χ1) is 9.25. The van der Waals surface area contributed by atoms with Gasteiger partial charge in [0.1, 0.15) is 0 Å². The molecular weight excluding hydrogens is 238 g/mol. The molecule has 0 radical (unpaired) electrons. The van der Waals surface area contributed by atoms with E-state index in [1.165, 1.54) is 0 Å². The lowest BCUT2D eigenvalue weighted by Gasteiger charge is -2.07. The van der Waals surface area contributed by atoms with Crippen molar-refractivity contribution in [3.05, 3.63) is 60.4 Å². The molecule has 2 aromatic heterocycles. The number of nitrogens with zero attached hydrogens (tertiary/aromatic N) is 2. The van der Waals surface area contributed by atoms with Crippen LogP contribution in [0.15, 0.2) is 54.9 Å². The predicted molar refractivity (Wildman–Crippen MR) is 73.5 cm³/mol. The second-order valence-electron chi connectivity index (χ2n) is 4.18. The van der Waals surface area contributed by atoms with Gasteiger partial charge in [0.05, 0.1) is 16.8 Å². The highest BCUT2D eigenvalue weighted by atomic mass is 16.1. The number of carbonyl (C=O) groups excluding carboxylic acids is 1. The molecule has 0 aliphatic rings. The number of aromatic nitrogens is 2. The highest BCUT2D eigenvalue weighted by molar-refractivity contribution is 6.06. The van der Waals surface area contributed by atoms with Crippen molar-refractivity contribution >= 4 is 16.8 Å². The van der Waals surface area contributed by atoms with Gasteiger partial charge in [-0.2, -0.15) is 0 Å². The zero-order chi connectivity index (χ0) is 13.2. The van der Waals surface area contributed by atoms with Crippen LogP contribution in [0.25, 0.3) is 22.2 Å². The summed E-state index contributed by atoms with van der Waals surface area (Å²) in [7, 11) is 0. The summed E-state index contributed by atoms with van der Waals surface area (Å²) >= 11 is 0. The molecule has 0 unspecified atom stereocenters. The second kappa shape index (κ2) is 4.49. The molecular formula is C15H11N3O. The zero-order valence-corrected chi connectivity index (χ0v) is 10.1. The molecule has 1 amide bonds. The Bertz CT molecular complexity index is 754. The number of hydrogen-bond donors (Lipinski definition) is 1. The third kappa shape index (κ3) is 2.04. The minimum Gasteiger partial charge on any atom is -0.366 e. The smallest absolute Gasteiger partial charge is 0.249 e. The van der Waals surface area contributed by atoms with Crippen LogP contribution < -0.4 is 5.73 Å². The summed E-state index contributed by atoms with van der Waals surface area (Å²) < 4.78 is 0. The number of benzene rings is 1. The Morgan fingerprint density at radius 3 is 2.68 bits per heavy atom. The number of fused-ring (bicyclic) bond motifs is 1. The molecule has 1 aromatic carbocycles. The minimum atomic E-state index is -0.455. The Morgan fingerprint density at radius 1 is 1.11 bits per heavy atom. The van der Waals surface area contributed by atoms with Gasteiger partial charge in [-0.05, 0) is 24.3 Å². The minimum absolute atomic E-state index is 0.455. The van der Waals surface area contributed by atoms with Gasteiger partial charge < -0.3 is 5.73 Å². The van der Waals surface area contributed by atoms with Crippen molar-refractivity contribution < 1.29 is 4.79 Å². The molecule has 2 N–H and O–H groups in total. The van der Waals surface area contributed by atoms with Crippen LogP contribution >= 0.6 is 0 Å². The van der Waals surface area contributed by atoms with Crippen molar-refractivity contribution in [3.63, 3.8) is 0 Å². The average Bonchev–Trinajstić information content (AvgIpc) is 2.47. The Labute approximate surface area is 109 Å². The summed E-state index contributed by atoms with van der Waals surface area (Å²) in [6, 6.07) is 12.9. The maximum Gasteiger partial charge on any atom is 0.249 e. The number of carbonyl (C=O) groups is 1. The molecule has 4 heteroatoms. The molecule has 0 spiro atoms. The van der Waals surface area contributed by atoms with Gasteiger partial charge in [0.15, 0.2) is 0 Å². The van der Waals surface area contributed by atoms with E-state index in [2.05, 4.69) is 9.97 Å². The molecule has 2 heterocycles. The van der Waals surface area contributed by atoms with Gasteiger partial charge in [0.2, 0.25) is 5.91 Å². The van der Waals surface area contributed by atoms with Crippen molar-refractivity contribution in [2.24, 2.45) is 5.73 Å². The van der Waals surface area contributed by atoms with Gasteiger partial charge >= 0.3 is 0 Å². The molecule has 0 saturated carbocycles. The summed E-state index contributed by atoms with van der Waals surface area (Å²) in [4.78, 5) is 20.2. The SMILES string of the molecule is NC(=O)c1cc(-c2cccnc2)nc2ccccc12. The van der Waals surface area contributed by atoms with Crippen LogP contribution in [0.5, 0.6) is 0 Å². The molecule has 0 saturated heterocycles. The molecule has 3 aromatic rings. The van der Waals surface area contributed by atoms with Gasteiger partial charge in [-0.15, -0.1) is 0 Å². The van der Waals surface area contributed by atoms with Gasteiger partial charge in [0, 0.05) is 23.3 Å². The fraction of sp³-hybridized carbons (Fsp3) is 0. The van der Waals surface area contributed by atoms with Crippen molar-refractivity contribution in [2.75, 3.05) is 0 Å². The fourth-order valence-corrected chi connectivity index (χ4v) is 2.04. The summed E-state index contributed by atoms with van der Waals surface area (Å²) in [5.74, 6) is -0.455. The van der Waals surface area contributed by atoms with Crippen LogP contribution in [-0.4, -0.2) is 15.9 Å². The Morgan fingerprint density at radius 2 is 1.95 bits per heavy atom. The van der Waals surface area contributed by atoms with Crippen LogP contribution in [0, 0.1) is 0 Å². The van der Waals surface area contributed by atoms with E-state index < -0.39 is 5.91 Å². The number of nitrogens with two attached hydrogens (primary N) is 1. The van der Waals surface area contributed by atoms with E-state index in [0.29, 0.717) is 11.3 Å². The van der Waals surface area contributed by atoms with Gasteiger partial charge in [-0.25, -0.2) is 4.98 Å². The Balaban J connectivity index is 2.31. The van der Waals surface area contributed by atoms with Gasteiger partial charge in [-0.3, -0.25) is 9.78 Å². The van der Waals surface area contributed by atoms with Crippen LogP contribution in [0.1, 0.15) is 10.4 Å². The van der Waals surface area contributed by atoms with Crippen molar-refractivity contribution in [1.29, 1.82) is 0 Å².